The molecule has 1 aromatic carbocycles. The van der Waals surface area contributed by atoms with Crippen LogP contribution in [-0.4, -0.2) is 4.98 Å². The van der Waals surface area contributed by atoms with Crippen molar-refractivity contribution in [1.29, 1.82) is 0 Å². The Morgan fingerprint density at radius 2 is 2.13 bits per heavy atom. The van der Waals surface area contributed by atoms with Crippen molar-refractivity contribution in [1.82, 2.24) is 4.98 Å². The maximum absolute atomic E-state index is 6.08. The summed E-state index contributed by atoms with van der Waals surface area (Å²) < 4.78 is 0. The van der Waals surface area contributed by atoms with Gasteiger partial charge in [-0.15, -0.1) is 11.3 Å². The van der Waals surface area contributed by atoms with E-state index < -0.39 is 0 Å². The van der Waals surface area contributed by atoms with Crippen LogP contribution in [-0.2, 0) is 5.33 Å². The maximum atomic E-state index is 6.08. The lowest BCUT2D eigenvalue weighted by atomic mass is 10.2. The number of alkyl halides is 1. The van der Waals surface area contributed by atoms with E-state index in [1.807, 2.05) is 17.5 Å². The predicted octanol–water partition coefficient (Wildman–Crippen LogP) is 5.01. The van der Waals surface area contributed by atoms with E-state index in [9.17, 15) is 0 Å². The van der Waals surface area contributed by atoms with Crippen molar-refractivity contribution in [2.24, 2.45) is 0 Å². The average molecular weight is 323 g/mol. The van der Waals surface area contributed by atoms with Crippen LogP contribution in [0.3, 0.4) is 0 Å². The van der Waals surface area contributed by atoms with Crippen molar-refractivity contribution in [3.8, 4) is 11.3 Å². The molecule has 0 N–H and O–H groups in total. The van der Waals surface area contributed by atoms with Gasteiger partial charge in [-0.2, -0.15) is 0 Å². The molecule has 1 heterocycles. The van der Waals surface area contributed by atoms with Gasteiger partial charge in [-0.1, -0.05) is 39.1 Å². The van der Waals surface area contributed by atoms with Crippen LogP contribution in [0.4, 0.5) is 0 Å². The van der Waals surface area contributed by atoms with Crippen molar-refractivity contribution < 1.29 is 0 Å². The monoisotopic (exact) mass is 321 g/mol. The Morgan fingerprint density at radius 3 is 2.73 bits per heavy atom. The van der Waals surface area contributed by atoms with Gasteiger partial charge in [-0.25, -0.2) is 4.98 Å². The lowest BCUT2D eigenvalue weighted by Gasteiger charge is -2.00. The Hall–Kier alpha value is -0.0900. The van der Waals surface area contributed by atoms with Crippen molar-refractivity contribution >= 4 is 50.5 Å². The fourth-order valence-corrected chi connectivity index (χ4v) is 2.86. The summed E-state index contributed by atoms with van der Waals surface area (Å²) in [6.45, 7) is 0. The summed E-state index contributed by atoms with van der Waals surface area (Å²) in [7, 11) is 0. The fraction of sp³-hybridized carbons (Fsp3) is 0.100. The van der Waals surface area contributed by atoms with Gasteiger partial charge >= 0.3 is 0 Å². The smallest absolute Gasteiger partial charge is 0.104 e. The van der Waals surface area contributed by atoms with Crippen LogP contribution in [0.15, 0.2) is 23.6 Å². The van der Waals surface area contributed by atoms with Gasteiger partial charge in [-0.3, -0.25) is 0 Å². The quantitative estimate of drug-likeness (QED) is 0.708. The summed E-state index contributed by atoms with van der Waals surface area (Å²) in [6, 6.07) is 5.43. The van der Waals surface area contributed by atoms with Gasteiger partial charge in [0, 0.05) is 16.0 Å². The van der Waals surface area contributed by atoms with Crippen LogP contribution in [0.25, 0.3) is 11.3 Å². The molecule has 0 saturated heterocycles. The second kappa shape index (κ2) is 4.83. The minimum Gasteiger partial charge on any atom is -0.240 e. The van der Waals surface area contributed by atoms with Crippen LogP contribution in [0.1, 0.15) is 5.01 Å². The van der Waals surface area contributed by atoms with Gasteiger partial charge in [0.15, 0.2) is 0 Å². The summed E-state index contributed by atoms with van der Waals surface area (Å²) in [5, 5.41) is 5.07. The normalized spacial score (nSPS) is 10.6. The molecule has 0 amide bonds. The number of benzene rings is 1. The third kappa shape index (κ3) is 2.53. The summed E-state index contributed by atoms with van der Waals surface area (Å²) >= 11 is 16.9. The first kappa shape index (κ1) is 11.4. The Labute approximate surface area is 110 Å². The molecule has 2 rings (SSSR count). The van der Waals surface area contributed by atoms with E-state index in [-0.39, 0.29) is 0 Å². The summed E-state index contributed by atoms with van der Waals surface area (Å²) in [6.07, 6.45) is 0. The zero-order valence-electron chi connectivity index (χ0n) is 7.51. The highest BCUT2D eigenvalue weighted by molar-refractivity contribution is 9.08. The molecular formula is C10H6BrCl2NS. The SMILES string of the molecule is Clc1ccc(-c2csc(CBr)n2)c(Cl)c1. The third-order valence-electron chi connectivity index (χ3n) is 1.87. The van der Waals surface area contributed by atoms with Crippen LogP contribution in [0.2, 0.25) is 10.0 Å². The molecule has 0 spiro atoms. The van der Waals surface area contributed by atoms with E-state index in [0.29, 0.717) is 10.0 Å². The summed E-state index contributed by atoms with van der Waals surface area (Å²) in [5.41, 5.74) is 1.82. The van der Waals surface area contributed by atoms with Gasteiger partial charge in [0.05, 0.1) is 16.0 Å². The molecule has 1 aromatic heterocycles. The highest BCUT2D eigenvalue weighted by Gasteiger charge is 2.07. The van der Waals surface area contributed by atoms with Gasteiger partial charge in [0.1, 0.15) is 5.01 Å². The highest BCUT2D eigenvalue weighted by Crippen LogP contribution is 2.31. The maximum Gasteiger partial charge on any atom is 0.104 e. The molecule has 0 unspecified atom stereocenters. The standard InChI is InChI=1S/C10H6BrCl2NS/c11-4-10-14-9(5-15-10)7-2-1-6(12)3-8(7)13/h1-3,5H,4H2. The minimum atomic E-state index is 0.633. The van der Waals surface area contributed by atoms with Gasteiger partial charge in [0.25, 0.3) is 0 Å². The number of rotatable bonds is 2. The zero-order chi connectivity index (χ0) is 10.8. The van der Waals surface area contributed by atoms with Crippen molar-refractivity contribution in [3.63, 3.8) is 0 Å². The highest BCUT2D eigenvalue weighted by atomic mass is 79.9. The van der Waals surface area contributed by atoms with Crippen LogP contribution >= 0.6 is 50.5 Å². The molecule has 0 aliphatic rings. The van der Waals surface area contributed by atoms with Crippen LogP contribution < -0.4 is 0 Å². The number of thiazole rings is 1. The van der Waals surface area contributed by atoms with E-state index in [2.05, 4.69) is 20.9 Å². The van der Waals surface area contributed by atoms with Crippen molar-refractivity contribution in [2.45, 2.75) is 5.33 Å². The summed E-state index contributed by atoms with van der Waals surface area (Å²) in [5.74, 6) is 0. The Bertz CT molecular complexity index is 484. The molecular weight excluding hydrogens is 317 g/mol. The first-order valence-electron chi connectivity index (χ1n) is 4.16. The Morgan fingerprint density at radius 1 is 1.33 bits per heavy atom. The number of aromatic nitrogens is 1. The van der Waals surface area contributed by atoms with Gasteiger partial charge < -0.3 is 0 Å². The van der Waals surface area contributed by atoms with E-state index in [1.165, 1.54) is 0 Å². The van der Waals surface area contributed by atoms with Gasteiger partial charge in [0.2, 0.25) is 0 Å². The molecule has 0 atom stereocenters. The largest absolute Gasteiger partial charge is 0.240 e. The molecule has 78 valence electrons. The van der Waals surface area contributed by atoms with Crippen molar-refractivity contribution in [2.75, 3.05) is 0 Å². The first-order chi connectivity index (χ1) is 7.20. The molecule has 2 aromatic rings. The van der Waals surface area contributed by atoms with E-state index in [4.69, 9.17) is 23.2 Å². The second-order valence-electron chi connectivity index (χ2n) is 2.88. The molecule has 0 aliphatic carbocycles. The molecule has 15 heavy (non-hydrogen) atoms. The van der Waals surface area contributed by atoms with Crippen molar-refractivity contribution in [3.05, 3.63) is 38.6 Å². The lowest BCUT2D eigenvalue weighted by molar-refractivity contribution is 1.28. The second-order valence-corrected chi connectivity index (χ2v) is 5.23. The molecule has 1 nitrogen and oxygen atoms in total. The predicted molar refractivity (Wildman–Crippen MR) is 70.2 cm³/mol. The van der Waals surface area contributed by atoms with E-state index in [1.54, 1.807) is 17.4 Å². The number of hydrogen-bond acceptors (Lipinski definition) is 2. The number of hydrogen-bond donors (Lipinski definition) is 0. The zero-order valence-corrected chi connectivity index (χ0v) is 11.4. The molecule has 5 heteroatoms. The minimum absolute atomic E-state index is 0.633. The average Bonchev–Trinajstić information content (AvgIpc) is 2.66. The Kier molecular flexibility index (Phi) is 3.67. The molecule has 0 radical (unpaired) electrons. The van der Waals surface area contributed by atoms with E-state index >= 15 is 0 Å². The van der Waals surface area contributed by atoms with Crippen LogP contribution in [0.5, 0.6) is 0 Å². The van der Waals surface area contributed by atoms with Gasteiger partial charge in [-0.05, 0) is 18.2 Å². The van der Waals surface area contributed by atoms with E-state index in [0.717, 1.165) is 21.6 Å². The topological polar surface area (TPSA) is 12.9 Å². The Balaban J connectivity index is 2.44. The molecule has 0 bridgehead atoms. The number of nitrogens with zero attached hydrogens (tertiary/aromatic N) is 1. The summed E-state index contributed by atoms with van der Waals surface area (Å²) in [4.78, 5) is 4.43. The molecule has 0 aliphatic heterocycles. The lowest BCUT2D eigenvalue weighted by Crippen LogP contribution is -1.81. The number of halogens is 3. The molecule has 0 saturated carbocycles. The first-order valence-corrected chi connectivity index (χ1v) is 6.92. The fourth-order valence-electron chi connectivity index (χ4n) is 1.19. The van der Waals surface area contributed by atoms with Crippen LogP contribution in [0, 0.1) is 0 Å². The molecule has 0 fully saturated rings. The third-order valence-corrected chi connectivity index (χ3v) is 4.17.